The first kappa shape index (κ1) is 26.2. The van der Waals surface area contributed by atoms with Gasteiger partial charge in [0.25, 0.3) is 5.56 Å². The molecule has 2 amide bonds. The van der Waals surface area contributed by atoms with Crippen LogP contribution in [0.1, 0.15) is 21.5 Å². The van der Waals surface area contributed by atoms with Gasteiger partial charge in [0.15, 0.2) is 11.8 Å². The average molecular weight is 537 g/mol. The Morgan fingerprint density at radius 1 is 0.975 bits per heavy atom. The van der Waals surface area contributed by atoms with Crippen LogP contribution in [-0.4, -0.2) is 37.9 Å². The average Bonchev–Trinajstić information content (AvgIpc) is 3.33. The van der Waals surface area contributed by atoms with Gasteiger partial charge in [-0.25, -0.2) is 9.97 Å². The second kappa shape index (κ2) is 11.5. The molecule has 0 unspecified atom stereocenters. The largest absolute Gasteiger partial charge is 0.369 e. The van der Waals surface area contributed by atoms with E-state index in [1.165, 1.54) is 10.8 Å². The van der Waals surface area contributed by atoms with Crippen LogP contribution in [0.4, 0.5) is 11.8 Å². The van der Waals surface area contributed by atoms with E-state index < -0.39 is 11.5 Å². The van der Waals surface area contributed by atoms with E-state index in [2.05, 4.69) is 25.6 Å². The van der Waals surface area contributed by atoms with Gasteiger partial charge in [-0.3, -0.25) is 19.0 Å². The third kappa shape index (κ3) is 5.99. The maximum absolute atomic E-state index is 13.5. The number of benzene rings is 3. The number of H-pyrrole nitrogens is 1. The van der Waals surface area contributed by atoms with Crippen molar-refractivity contribution in [3.8, 4) is 11.3 Å². The number of nitrogens with one attached hydrogen (secondary N) is 3. The Hall–Kier alpha value is -5.45. The number of amides is 2. The summed E-state index contributed by atoms with van der Waals surface area (Å²) in [6.07, 6.45) is 2.20. The number of primary amides is 1. The molecule has 0 bridgehead atoms. The number of fused-ring (bicyclic) bond motifs is 1. The number of nitrogens with two attached hydrogens (primary N) is 2. The first-order chi connectivity index (χ1) is 19.4. The number of nitrogens with zero attached hydrogens (tertiary/aromatic N) is 3. The lowest BCUT2D eigenvalue weighted by Gasteiger charge is -2.15. The molecule has 0 saturated carbocycles. The molecule has 0 aliphatic carbocycles. The van der Waals surface area contributed by atoms with Gasteiger partial charge in [-0.05, 0) is 41.8 Å². The molecule has 11 heteroatoms. The predicted molar refractivity (Wildman–Crippen MR) is 153 cm³/mol. The van der Waals surface area contributed by atoms with Crippen LogP contribution < -0.4 is 27.7 Å². The molecule has 0 spiro atoms. The van der Waals surface area contributed by atoms with Crippen molar-refractivity contribution >= 4 is 34.6 Å². The fraction of sp³-hybridized carbons (Fsp3) is 0.138. The molecule has 7 N–H and O–H groups in total. The highest BCUT2D eigenvalue weighted by molar-refractivity contribution is 5.94. The number of carbonyl (C=O) groups excluding carboxylic acids is 2. The first-order valence-electron chi connectivity index (χ1n) is 12.7. The Balaban J connectivity index is 1.38. The van der Waals surface area contributed by atoms with Crippen LogP contribution >= 0.6 is 0 Å². The monoisotopic (exact) mass is 536 g/mol. The lowest BCUT2D eigenvalue weighted by molar-refractivity contribution is -0.121. The summed E-state index contributed by atoms with van der Waals surface area (Å²) in [6, 6.07) is 21.9. The minimum atomic E-state index is -0.600. The van der Waals surface area contributed by atoms with Crippen LogP contribution in [0, 0.1) is 0 Å². The molecule has 0 radical (unpaired) electrons. The Morgan fingerprint density at radius 2 is 1.80 bits per heavy atom. The lowest BCUT2D eigenvalue weighted by atomic mass is 10.1. The molecule has 0 saturated heterocycles. The highest BCUT2D eigenvalue weighted by Crippen LogP contribution is 2.20. The summed E-state index contributed by atoms with van der Waals surface area (Å²) in [5.74, 6) is -0.535. The van der Waals surface area contributed by atoms with Crippen molar-refractivity contribution < 1.29 is 9.59 Å². The fourth-order valence-corrected chi connectivity index (χ4v) is 4.38. The number of aromatic amines is 1. The lowest BCUT2D eigenvalue weighted by Crippen LogP contribution is -2.34. The highest BCUT2D eigenvalue weighted by atomic mass is 16.2. The molecule has 2 aromatic heterocycles. The summed E-state index contributed by atoms with van der Waals surface area (Å²) in [4.78, 5) is 49.8. The van der Waals surface area contributed by atoms with Gasteiger partial charge in [0, 0.05) is 24.2 Å². The van der Waals surface area contributed by atoms with Crippen molar-refractivity contribution in [3.05, 3.63) is 106 Å². The molecule has 5 aromatic rings. The molecular weight excluding hydrogens is 508 g/mol. The summed E-state index contributed by atoms with van der Waals surface area (Å²) < 4.78 is 1.34. The SMILES string of the molecule is NC(=O)c1cccc(-c2cnc(NCCc3ccccc3)c(=O)n2CC(=O)NCc2ccc3nc(N)[nH]c3c2)c1. The molecule has 0 fully saturated rings. The van der Waals surface area contributed by atoms with Crippen LogP contribution in [0.3, 0.4) is 0 Å². The molecule has 3 aromatic carbocycles. The summed E-state index contributed by atoms with van der Waals surface area (Å²) >= 11 is 0. The number of nitrogen functional groups attached to an aromatic ring is 1. The van der Waals surface area contributed by atoms with Crippen molar-refractivity contribution in [2.24, 2.45) is 5.73 Å². The molecule has 0 atom stereocenters. The van der Waals surface area contributed by atoms with Crippen molar-refractivity contribution in [1.82, 2.24) is 24.8 Å². The van der Waals surface area contributed by atoms with E-state index in [1.54, 1.807) is 24.3 Å². The van der Waals surface area contributed by atoms with E-state index in [4.69, 9.17) is 11.5 Å². The minimum absolute atomic E-state index is 0.126. The molecule has 11 nitrogen and oxygen atoms in total. The van der Waals surface area contributed by atoms with Gasteiger partial charge < -0.3 is 27.1 Å². The molecule has 2 heterocycles. The van der Waals surface area contributed by atoms with Crippen molar-refractivity contribution in [3.63, 3.8) is 0 Å². The number of aromatic nitrogens is 4. The number of carbonyl (C=O) groups is 2. The third-order valence-corrected chi connectivity index (χ3v) is 6.40. The van der Waals surface area contributed by atoms with Crippen LogP contribution in [0.25, 0.3) is 22.3 Å². The van der Waals surface area contributed by atoms with Gasteiger partial charge in [-0.15, -0.1) is 0 Å². The first-order valence-corrected chi connectivity index (χ1v) is 12.7. The Kier molecular flexibility index (Phi) is 7.54. The highest BCUT2D eigenvalue weighted by Gasteiger charge is 2.16. The van der Waals surface area contributed by atoms with Crippen LogP contribution in [-0.2, 0) is 24.3 Å². The second-order valence-corrected chi connectivity index (χ2v) is 9.24. The molecular formula is C29H28N8O3. The van der Waals surface area contributed by atoms with Gasteiger partial charge >= 0.3 is 0 Å². The normalized spacial score (nSPS) is 10.9. The fourth-order valence-electron chi connectivity index (χ4n) is 4.38. The van der Waals surface area contributed by atoms with Crippen molar-refractivity contribution in [1.29, 1.82) is 0 Å². The Morgan fingerprint density at radius 3 is 2.60 bits per heavy atom. The van der Waals surface area contributed by atoms with Crippen molar-refractivity contribution in [2.75, 3.05) is 17.6 Å². The molecule has 202 valence electrons. The molecule has 0 aliphatic rings. The van der Waals surface area contributed by atoms with E-state index in [0.29, 0.717) is 30.2 Å². The van der Waals surface area contributed by atoms with E-state index in [9.17, 15) is 14.4 Å². The number of imidazole rings is 1. The summed E-state index contributed by atoms with van der Waals surface area (Å²) in [7, 11) is 0. The van der Waals surface area contributed by atoms with Crippen LogP contribution in [0.2, 0.25) is 0 Å². The zero-order valence-electron chi connectivity index (χ0n) is 21.6. The van der Waals surface area contributed by atoms with E-state index in [1.807, 2.05) is 48.5 Å². The topological polar surface area (TPSA) is 174 Å². The van der Waals surface area contributed by atoms with Gasteiger partial charge in [0.2, 0.25) is 11.8 Å². The summed E-state index contributed by atoms with van der Waals surface area (Å²) in [6.45, 7) is 0.460. The predicted octanol–water partition coefficient (Wildman–Crippen LogP) is 2.44. The van der Waals surface area contributed by atoms with Gasteiger partial charge in [-0.1, -0.05) is 48.5 Å². The van der Waals surface area contributed by atoms with E-state index >= 15 is 0 Å². The number of rotatable bonds is 10. The third-order valence-electron chi connectivity index (χ3n) is 6.40. The molecule has 0 aliphatic heterocycles. The zero-order valence-corrected chi connectivity index (χ0v) is 21.6. The van der Waals surface area contributed by atoms with Gasteiger partial charge in [-0.2, -0.15) is 0 Å². The van der Waals surface area contributed by atoms with E-state index in [-0.39, 0.29) is 30.4 Å². The minimum Gasteiger partial charge on any atom is -0.369 e. The summed E-state index contributed by atoms with van der Waals surface area (Å²) in [5, 5.41) is 5.95. The maximum Gasteiger partial charge on any atom is 0.294 e. The summed E-state index contributed by atoms with van der Waals surface area (Å²) in [5.41, 5.74) is 15.4. The van der Waals surface area contributed by atoms with E-state index in [0.717, 1.165) is 22.2 Å². The standard InChI is InChI=1S/C29H28N8O3/c30-26(39)21-8-4-7-20(14-21)24-16-34-27(32-12-11-18-5-2-1-3-6-18)28(40)37(24)17-25(38)33-15-19-9-10-22-23(13-19)36-29(31)35-22/h1-10,13-14,16H,11-12,15,17H2,(H2,30,39)(H,32,34)(H,33,38)(H3,31,35,36). The number of hydrogen-bond acceptors (Lipinski definition) is 7. The van der Waals surface area contributed by atoms with Crippen LogP contribution in [0.15, 0.2) is 83.8 Å². The van der Waals surface area contributed by atoms with Crippen LogP contribution in [0.5, 0.6) is 0 Å². The van der Waals surface area contributed by atoms with Crippen molar-refractivity contribution in [2.45, 2.75) is 19.5 Å². The zero-order chi connectivity index (χ0) is 28.1. The number of hydrogen-bond donors (Lipinski definition) is 5. The van der Waals surface area contributed by atoms with Gasteiger partial charge in [0.05, 0.1) is 22.9 Å². The smallest absolute Gasteiger partial charge is 0.294 e. The Labute approximate surface area is 229 Å². The maximum atomic E-state index is 13.5. The number of anilines is 2. The second-order valence-electron chi connectivity index (χ2n) is 9.24. The van der Waals surface area contributed by atoms with Gasteiger partial charge in [0.1, 0.15) is 6.54 Å². The molecule has 40 heavy (non-hydrogen) atoms. The Bertz CT molecular complexity index is 1740. The molecule has 5 rings (SSSR count). The quantitative estimate of drug-likeness (QED) is 0.182.